The van der Waals surface area contributed by atoms with E-state index in [9.17, 15) is 0 Å². The molecule has 1 heteroatoms. The van der Waals surface area contributed by atoms with Gasteiger partial charge in [0.05, 0.1) is 0 Å². The lowest BCUT2D eigenvalue weighted by molar-refractivity contribution is 1.89. The third-order valence-corrected chi connectivity index (χ3v) is 1.38. The highest BCUT2D eigenvalue weighted by Crippen LogP contribution is 1.98. The standard InChI is InChI=1S/C5H5P/c1-2-4-6-5-3-1/h1-5H/p+1. The fourth-order valence-corrected chi connectivity index (χ4v) is 0.897. The lowest BCUT2D eigenvalue weighted by Crippen LogP contribution is -1.39. The fourth-order valence-electron chi connectivity index (χ4n) is 0.342. The van der Waals surface area contributed by atoms with Gasteiger partial charge in [-0.25, -0.2) is 0 Å². The summed E-state index contributed by atoms with van der Waals surface area (Å²) in [5.74, 6) is 4.31. The van der Waals surface area contributed by atoms with E-state index in [4.69, 9.17) is 0 Å². The van der Waals surface area contributed by atoms with Crippen molar-refractivity contribution in [1.29, 1.82) is 0 Å². The van der Waals surface area contributed by atoms with Gasteiger partial charge in [-0.05, 0) is 12.1 Å². The van der Waals surface area contributed by atoms with Gasteiger partial charge in [-0.2, -0.15) is 0 Å². The molecule has 0 spiro atoms. The summed E-state index contributed by atoms with van der Waals surface area (Å²) in [4.78, 5) is 0. The molecule has 0 aromatic carbocycles. The van der Waals surface area contributed by atoms with Crippen molar-refractivity contribution in [1.82, 2.24) is 0 Å². The zero-order valence-electron chi connectivity index (χ0n) is 3.39. The van der Waals surface area contributed by atoms with Crippen molar-refractivity contribution in [2.45, 2.75) is 0 Å². The molecule has 0 aliphatic rings. The molecule has 0 saturated carbocycles. The normalized spacial score (nSPS) is 8.00. The van der Waals surface area contributed by atoms with Crippen LogP contribution >= 0.6 is 8.19 Å². The largest absolute Gasteiger partial charge is 0.110 e. The lowest BCUT2D eigenvalue weighted by Gasteiger charge is -1.60. The van der Waals surface area contributed by atoms with Gasteiger partial charge in [-0.15, -0.1) is 0 Å². The highest BCUT2D eigenvalue weighted by Gasteiger charge is 1.68. The van der Waals surface area contributed by atoms with Crippen LogP contribution in [0.1, 0.15) is 0 Å². The average molecular weight is 97.1 g/mol. The van der Waals surface area contributed by atoms with Crippen LogP contribution in [-0.4, -0.2) is 0 Å². The van der Waals surface area contributed by atoms with E-state index in [0.717, 1.165) is 8.19 Å². The minimum Gasteiger partial charge on any atom is -0.0548 e. The van der Waals surface area contributed by atoms with Crippen LogP contribution < -0.4 is 0 Å². The second kappa shape index (κ2) is 1.94. The van der Waals surface area contributed by atoms with E-state index in [0.29, 0.717) is 0 Å². The van der Waals surface area contributed by atoms with Crippen molar-refractivity contribution in [3.05, 3.63) is 29.8 Å². The molecule has 0 aliphatic heterocycles. The summed E-state index contributed by atoms with van der Waals surface area (Å²) >= 11 is 0. The van der Waals surface area contributed by atoms with E-state index in [1.54, 1.807) is 0 Å². The number of hydrogen-bond acceptors (Lipinski definition) is 0. The smallest absolute Gasteiger partial charge is 0.0548 e. The predicted octanol–water partition coefficient (Wildman–Crippen LogP) is 2.00. The topological polar surface area (TPSA) is 0 Å². The van der Waals surface area contributed by atoms with E-state index in [1.165, 1.54) is 0 Å². The summed E-state index contributed by atoms with van der Waals surface area (Å²) < 4.78 is 0. The van der Waals surface area contributed by atoms with Gasteiger partial charge in [0.25, 0.3) is 0 Å². The van der Waals surface area contributed by atoms with Crippen molar-refractivity contribution in [3.63, 3.8) is 0 Å². The Morgan fingerprint density at radius 1 is 0.833 bits per heavy atom. The van der Waals surface area contributed by atoms with Gasteiger partial charge < -0.3 is 0 Å². The van der Waals surface area contributed by atoms with Crippen LogP contribution in [0.5, 0.6) is 0 Å². The van der Waals surface area contributed by atoms with Crippen LogP contribution in [0, 0.1) is 0 Å². The first-order chi connectivity index (χ1) is 3.00. The molecular weight excluding hydrogens is 91.0 g/mol. The summed E-state index contributed by atoms with van der Waals surface area (Å²) in [6, 6.07) is 6.17. The SMILES string of the molecule is c1cc[pH+]cc1. The minimum atomic E-state index is 0.909. The molecule has 1 rings (SSSR count). The van der Waals surface area contributed by atoms with Gasteiger partial charge in [0.15, 0.2) is 0 Å². The zero-order valence-corrected chi connectivity index (χ0v) is 4.39. The maximum atomic E-state index is 2.15. The van der Waals surface area contributed by atoms with Crippen LogP contribution in [0.15, 0.2) is 29.8 Å². The Balaban J connectivity index is 3.00. The molecule has 0 aliphatic carbocycles. The molecule has 1 aromatic heterocycles. The van der Waals surface area contributed by atoms with Crippen molar-refractivity contribution < 1.29 is 0 Å². The van der Waals surface area contributed by atoms with E-state index in [2.05, 4.69) is 23.7 Å². The maximum absolute atomic E-state index is 2.15. The van der Waals surface area contributed by atoms with Crippen molar-refractivity contribution in [2.24, 2.45) is 0 Å². The van der Waals surface area contributed by atoms with Gasteiger partial charge in [-0.3, -0.25) is 0 Å². The third kappa shape index (κ3) is 0.803. The Morgan fingerprint density at radius 3 is 1.67 bits per heavy atom. The first-order valence-electron chi connectivity index (χ1n) is 1.91. The van der Waals surface area contributed by atoms with Crippen LogP contribution in [-0.2, 0) is 0 Å². The van der Waals surface area contributed by atoms with E-state index in [1.807, 2.05) is 6.07 Å². The quantitative estimate of drug-likeness (QED) is 0.464. The molecule has 6 heavy (non-hydrogen) atoms. The van der Waals surface area contributed by atoms with Gasteiger partial charge >= 0.3 is 0 Å². The number of rotatable bonds is 0. The van der Waals surface area contributed by atoms with Crippen molar-refractivity contribution in [2.75, 3.05) is 0 Å². The highest BCUT2D eigenvalue weighted by atomic mass is 31.0. The second-order valence-electron chi connectivity index (χ2n) is 1.08. The highest BCUT2D eigenvalue weighted by molar-refractivity contribution is 7.28. The third-order valence-electron chi connectivity index (χ3n) is 0.607. The average Bonchev–Trinajstić information content (AvgIpc) is 1.72. The summed E-state index contributed by atoms with van der Waals surface area (Å²) in [5.41, 5.74) is 0. The molecule has 0 fully saturated rings. The molecule has 0 saturated heterocycles. The maximum Gasteiger partial charge on any atom is 0.110 e. The molecule has 0 atom stereocenters. The molecule has 0 bridgehead atoms. The second-order valence-corrected chi connectivity index (χ2v) is 2.08. The van der Waals surface area contributed by atoms with Crippen LogP contribution in [0.4, 0.5) is 0 Å². The van der Waals surface area contributed by atoms with Crippen molar-refractivity contribution in [3.8, 4) is 0 Å². The fraction of sp³-hybridized carbons (Fsp3) is 0. The van der Waals surface area contributed by atoms with E-state index < -0.39 is 0 Å². The van der Waals surface area contributed by atoms with Crippen molar-refractivity contribution >= 4 is 8.19 Å². The van der Waals surface area contributed by atoms with Gasteiger partial charge in [0.2, 0.25) is 0 Å². The first-order valence-corrected chi connectivity index (χ1v) is 3.07. The van der Waals surface area contributed by atoms with Gasteiger partial charge in [0.1, 0.15) is 19.8 Å². The number of hydrogen-bond donors (Lipinski definition) is 0. The van der Waals surface area contributed by atoms with Crippen LogP contribution in [0.3, 0.4) is 0 Å². The lowest BCUT2D eigenvalue weighted by atomic mass is 10.6. The monoisotopic (exact) mass is 97.0 g/mol. The summed E-state index contributed by atoms with van der Waals surface area (Å²) in [5, 5.41) is 0. The summed E-state index contributed by atoms with van der Waals surface area (Å²) in [6.45, 7) is 0. The Labute approximate surface area is 38.9 Å². The Bertz CT molecular complexity index is 75.9. The molecule has 0 nitrogen and oxygen atoms in total. The molecule has 0 amide bonds. The zero-order chi connectivity index (χ0) is 4.24. The minimum absolute atomic E-state index is 0.909. The summed E-state index contributed by atoms with van der Waals surface area (Å²) in [7, 11) is 0.909. The molecule has 0 unspecified atom stereocenters. The Hall–Kier alpha value is -0.350. The molecule has 1 aromatic rings. The van der Waals surface area contributed by atoms with Crippen LogP contribution in [0.2, 0.25) is 0 Å². The molecule has 1 heterocycles. The predicted molar refractivity (Wildman–Crippen MR) is 30.3 cm³/mol. The Morgan fingerprint density at radius 2 is 1.50 bits per heavy atom. The van der Waals surface area contributed by atoms with Gasteiger partial charge in [0, 0.05) is 0 Å². The molecule has 30 valence electrons. The Kier molecular flexibility index (Phi) is 1.24. The van der Waals surface area contributed by atoms with Crippen LogP contribution in [0.25, 0.3) is 0 Å². The van der Waals surface area contributed by atoms with Gasteiger partial charge in [-0.1, -0.05) is 6.07 Å². The van der Waals surface area contributed by atoms with E-state index in [-0.39, 0.29) is 0 Å². The molecule has 0 N–H and O–H groups in total. The van der Waals surface area contributed by atoms with E-state index >= 15 is 0 Å². The molecule has 0 radical (unpaired) electrons. The first kappa shape index (κ1) is 3.83. The summed E-state index contributed by atoms with van der Waals surface area (Å²) in [6.07, 6.45) is 0. The molecular formula is C5H6P+.